The molecule has 0 bridgehead atoms. The van der Waals surface area contributed by atoms with Gasteiger partial charge in [-0.25, -0.2) is 4.39 Å². The van der Waals surface area contributed by atoms with Gasteiger partial charge in [0.25, 0.3) is 0 Å². The van der Waals surface area contributed by atoms with Gasteiger partial charge in [0.05, 0.1) is 6.20 Å². The van der Waals surface area contributed by atoms with Gasteiger partial charge in [-0.1, -0.05) is 0 Å². The van der Waals surface area contributed by atoms with Gasteiger partial charge in [0, 0.05) is 24.3 Å². The van der Waals surface area contributed by atoms with E-state index in [4.69, 9.17) is 0 Å². The van der Waals surface area contributed by atoms with Crippen molar-refractivity contribution in [2.75, 3.05) is 27.7 Å². The molecule has 0 fully saturated rings. The first-order valence-electron chi connectivity index (χ1n) is 4.56. The Morgan fingerprint density at radius 2 is 2.29 bits per heavy atom. The van der Waals surface area contributed by atoms with E-state index in [1.807, 2.05) is 26.0 Å². The molecule has 0 aliphatic rings. The van der Waals surface area contributed by atoms with E-state index in [-0.39, 0.29) is 11.9 Å². The van der Waals surface area contributed by atoms with Crippen LogP contribution < -0.4 is 5.32 Å². The lowest BCUT2D eigenvalue weighted by Gasteiger charge is -2.20. The standard InChI is InChI=1S/C10H16FN3/c1-12-10(7-14(2)3)8-4-5-13-6-9(8)11/h4-6,10,12H,7H2,1-3H3. The van der Waals surface area contributed by atoms with Crippen LogP contribution in [0.15, 0.2) is 18.5 Å². The molecule has 0 radical (unpaired) electrons. The third-order valence-electron chi connectivity index (χ3n) is 2.08. The molecule has 4 heteroatoms. The molecule has 1 rings (SSSR count). The van der Waals surface area contributed by atoms with E-state index in [0.717, 1.165) is 6.54 Å². The van der Waals surface area contributed by atoms with Crippen LogP contribution in [0.1, 0.15) is 11.6 Å². The quantitative estimate of drug-likeness (QED) is 0.781. The highest BCUT2D eigenvalue weighted by Crippen LogP contribution is 2.15. The van der Waals surface area contributed by atoms with Crippen molar-refractivity contribution in [1.29, 1.82) is 0 Å². The SMILES string of the molecule is CNC(CN(C)C)c1ccncc1F. The minimum Gasteiger partial charge on any atom is -0.312 e. The monoisotopic (exact) mass is 197 g/mol. The third kappa shape index (κ3) is 2.75. The number of pyridine rings is 1. The summed E-state index contributed by atoms with van der Waals surface area (Å²) in [6, 6.07) is 1.72. The Bertz CT molecular complexity index is 288. The van der Waals surface area contributed by atoms with E-state index in [1.165, 1.54) is 6.20 Å². The van der Waals surface area contributed by atoms with E-state index in [1.54, 1.807) is 12.3 Å². The summed E-state index contributed by atoms with van der Waals surface area (Å²) in [6.45, 7) is 0.761. The molecule has 1 atom stereocenters. The van der Waals surface area contributed by atoms with Crippen molar-refractivity contribution in [2.24, 2.45) is 0 Å². The van der Waals surface area contributed by atoms with Gasteiger partial charge in [0.15, 0.2) is 0 Å². The minimum absolute atomic E-state index is 0.00741. The molecule has 1 aromatic heterocycles. The fourth-order valence-electron chi connectivity index (χ4n) is 1.38. The smallest absolute Gasteiger partial charge is 0.146 e. The fourth-order valence-corrected chi connectivity index (χ4v) is 1.38. The number of nitrogens with one attached hydrogen (secondary N) is 1. The van der Waals surface area contributed by atoms with Gasteiger partial charge < -0.3 is 10.2 Å². The van der Waals surface area contributed by atoms with Crippen molar-refractivity contribution in [3.63, 3.8) is 0 Å². The van der Waals surface area contributed by atoms with Crippen LogP contribution in [0.4, 0.5) is 4.39 Å². The Morgan fingerprint density at radius 3 is 2.79 bits per heavy atom. The van der Waals surface area contributed by atoms with Crippen LogP contribution >= 0.6 is 0 Å². The Labute approximate surface area is 84.0 Å². The molecule has 1 heterocycles. The maximum Gasteiger partial charge on any atom is 0.146 e. The van der Waals surface area contributed by atoms with Crippen LogP contribution in [-0.2, 0) is 0 Å². The molecule has 14 heavy (non-hydrogen) atoms. The van der Waals surface area contributed by atoms with Gasteiger partial charge in [-0.3, -0.25) is 4.98 Å². The number of rotatable bonds is 4. The summed E-state index contributed by atoms with van der Waals surface area (Å²) in [6.07, 6.45) is 2.85. The number of halogens is 1. The number of likely N-dealkylation sites (N-methyl/N-ethyl adjacent to an activating group) is 2. The summed E-state index contributed by atoms with van der Waals surface area (Å²) >= 11 is 0. The Balaban J connectivity index is 2.83. The first-order valence-corrected chi connectivity index (χ1v) is 4.56. The third-order valence-corrected chi connectivity index (χ3v) is 2.08. The highest BCUT2D eigenvalue weighted by molar-refractivity contribution is 5.17. The molecular weight excluding hydrogens is 181 g/mol. The lowest BCUT2D eigenvalue weighted by molar-refractivity contribution is 0.347. The predicted octanol–water partition coefficient (Wildman–Crippen LogP) is 1.04. The summed E-state index contributed by atoms with van der Waals surface area (Å²) in [4.78, 5) is 5.74. The molecule has 0 saturated heterocycles. The zero-order valence-electron chi connectivity index (χ0n) is 8.79. The molecule has 0 amide bonds. The highest BCUT2D eigenvalue weighted by atomic mass is 19.1. The van der Waals surface area contributed by atoms with E-state index in [0.29, 0.717) is 5.56 Å². The molecule has 0 spiro atoms. The lowest BCUT2D eigenvalue weighted by Crippen LogP contribution is -2.29. The number of aromatic nitrogens is 1. The largest absolute Gasteiger partial charge is 0.312 e. The van der Waals surface area contributed by atoms with Crippen LogP contribution in [0, 0.1) is 5.82 Å². The zero-order chi connectivity index (χ0) is 10.6. The molecule has 0 aliphatic carbocycles. The van der Waals surface area contributed by atoms with Crippen LogP contribution in [-0.4, -0.2) is 37.6 Å². The van der Waals surface area contributed by atoms with Gasteiger partial charge in [-0.05, 0) is 27.2 Å². The molecule has 1 unspecified atom stereocenters. The van der Waals surface area contributed by atoms with Crippen LogP contribution in [0.2, 0.25) is 0 Å². The van der Waals surface area contributed by atoms with Gasteiger partial charge in [0.2, 0.25) is 0 Å². The van der Waals surface area contributed by atoms with Crippen LogP contribution in [0.5, 0.6) is 0 Å². The summed E-state index contributed by atoms with van der Waals surface area (Å²) in [5.41, 5.74) is 0.663. The van der Waals surface area contributed by atoms with Gasteiger partial charge >= 0.3 is 0 Å². The summed E-state index contributed by atoms with van der Waals surface area (Å²) < 4.78 is 13.4. The van der Waals surface area contributed by atoms with Gasteiger partial charge in [-0.15, -0.1) is 0 Å². The maximum atomic E-state index is 13.4. The normalized spacial score (nSPS) is 13.2. The Morgan fingerprint density at radius 1 is 1.57 bits per heavy atom. The van der Waals surface area contributed by atoms with Gasteiger partial charge in [-0.2, -0.15) is 0 Å². The summed E-state index contributed by atoms with van der Waals surface area (Å²) in [5.74, 6) is -0.256. The lowest BCUT2D eigenvalue weighted by atomic mass is 10.1. The second-order valence-electron chi connectivity index (χ2n) is 3.50. The van der Waals surface area contributed by atoms with Crippen molar-refractivity contribution in [3.8, 4) is 0 Å². The average molecular weight is 197 g/mol. The number of hydrogen-bond acceptors (Lipinski definition) is 3. The molecule has 3 nitrogen and oxygen atoms in total. The fraction of sp³-hybridized carbons (Fsp3) is 0.500. The van der Waals surface area contributed by atoms with Crippen LogP contribution in [0.25, 0.3) is 0 Å². The number of hydrogen-bond donors (Lipinski definition) is 1. The first-order chi connectivity index (χ1) is 6.65. The van der Waals surface area contributed by atoms with E-state index < -0.39 is 0 Å². The average Bonchev–Trinajstić information content (AvgIpc) is 2.15. The Kier molecular flexibility index (Phi) is 3.98. The zero-order valence-corrected chi connectivity index (χ0v) is 8.79. The maximum absolute atomic E-state index is 13.4. The topological polar surface area (TPSA) is 28.2 Å². The second-order valence-corrected chi connectivity index (χ2v) is 3.50. The van der Waals surface area contributed by atoms with Crippen molar-refractivity contribution < 1.29 is 4.39 Å². The van der Waals surface area contributed by atoms with Crippen molar-refractivity contribution in [2.45, 2.75) is 6.04 Å². The van der Waals surface area contributed by atoms with Crippen molar-refractivity contribution in [3.05, 3.63) is 29.8 Å². The molecule has 1 aromatic rings. The summed E-state index contributed by atoms with van der Waals surface area (Å²) in [5, 5.41) is 3.08. The summed E-state index contributed by atoms with van der Waals surface area (Å²) in [7, 11) is 5.75. The van der Waals surface area contributed by atoms with E-state index in [9.17, 15) is 4.39 Å². The highest BCUT2D eigenvalue weighted by Gasteiger charge is 2.13. The Hall–Kier alpha value is -1.00. The molecule has 0 aromatic carbocycles. The predicted molar refractivity (Wildman–Crippen MR) is 54.5 cm³/mol. The molecule has 78 valence electrons. The van der Waals surface area contributed by atoms with Crippen molar-refractivity contribution >= 4 is 0 Å². The first kappa shape index (κ1) is 11.1. The molecule has 0 saturated carbocycles. The molecule has 0 aliphatic heterocycles. The van der Waals surface area contributed by atoms with E-state index >= 15 is 0 Å². The van der Waals surface area contributed by atoms with Crippen molar-refractivity contribution in [1.82, 2.24) is 15.2 Å². The molecular formula is C10H16FN3. The minimum atomic E-state index is -0.256. The second kappa shape index (κ2) is 5.02. The van der Waals surface area contributed by atoms with Gasteiger partial charge in [0.1, 0.15) is 5.82 Å². The van der Waals surface area contributed by atoms with Crippen LogP contribution in [0.3, 0.4) is 0 Å². The molecule has 1 N–H and O–H groups in total. The van der Waals surface area contributed by atoms with E-state index in [2.05, 4.69) is 10.3 Å². The number of nitrogens with zero attached hydrogens (tertiary/aromatic N) is 2.